The molecule has 2 rings (SSSR count). The van der Waals surface area contributed by atoms with Gasteiger partial charge in [0.1, 0.15) is 5.69 Å². The number of ether oxygens (including phenoxy) is 3. The van der Waals surface area contributed by atoms with Gasteiger partial charge in [-0.3, -0.25) is 9.78 Å². The summed E-state index contributed by atoms with van der Waals surface area (Å²) < 4.78 is 15.3. The number of anilines is 1. The number of aromatic nitrogens is 2. The summed E-state index contributed by atoms with van der Waals surface area (Å²) in [5.41, 5.74) is 0.214. The molecule has 1 aliphatic rings. The zero-order chi connectivity index (χ0) is 13.0. The van der Waals surface area contributed by atoms with Gasteiger partial charge in [0.15, 0.2) is 0 Å². The third kappa shape index (κ3) is 2.62. The molecule has 1 aliphatic heterocycles. The highest BCUT2D eigenvalue weighted by Gasteiger charge is 2.17. The molecule has 7 nitrogen and oxygen atoms in total. The maximum Gasteiger partial charge on any atom is 0.295 e. The van der Waals surface area contributed by atoms with Crippen LogP contribution in [0.2, 0.25) is 0 Å². The molecule has 1 fully saturated rings. The minimum Gasteiger partial charge on any atom is -0.490 e. The molecule has 1 saturated heterocycles. The van der Waals surface area contributed by atoms with Crippen molar-refractivity contribution in [1.82, 2.24) is 9.97 Å². The molecular formula is C11H17N3O4. The van der Waals surface area contributed by atoms with E-state index in [-0.39, 0.29) is 17.9 Å². The van der Waals surface area contributed by atoms with E-state index in [1.165, 1.54) is 7.11 Å². The normalized spacial score (nSPS) is 15.8. The van der Waals surface area contributed by atoms with Crippen LogP contribution in [0.5, 0.6) is 5.75 Å². The summed E-state index contributed by atoms with van der Waals surface area (Å²) in [6, 6.07) is 0. The van der Waals surface area contributed by atoms with Gasteiger partial charge in [0.2, 0.25) is 11.7 Å². The first-order valence-electron chi connectivity index (χ1n) is 5.75. The van der Waals surface area contributed by atoms with E-state index in [2.05, 4.69) is 9.97 Å². The van der Waals surface area contributed by atoms with Crippen molar-refractivity contribution in [2.45, 2.75) is 6.61 Å². The van der Waals surface area contributed by atoms with E-state index in [9.17, 15) is 4.79 Å². The molecule has 0 aliphatic carbocycles. The van der Waals surface area contributed by atoms with Gasteiger partial charge >= 0.3 is 0 Å². The standard InChI is InChI=1S/C11H17N3O4/c1-16-7-8-9(17-2)10(15)13-11(12-8)14-3-5-18-6-4-14/h3-7H2,1-2H3,(H,12,13,15). The van der Waals surface area contributed by atoms with Crippen LogP contribution in [0.15, 0.2) is 4.79 Å². The Morgan fingerprint density at radius 2 is 2.11 bits per heavy atom. The van der Waals surface area contributed by atoms with Crippen molar-refractivity contribution in [3.8, 4) is 5.75 Å². The molecular weight excluding hydrogens is 238 g/mol. The van der Waals surface area contributed by atoms with Gasteiger partial charge in [-0.15, -0.1) is 0 Å². The Bertz CT molecular complexity index is 454. The zero-order valence-electron chi connectivity index (χ0n) is 10.6. The Morgan fingerprint density at radius 1 is 1.39 bits per heavy atom. The Balaban J connectivity index is 2.33. The second kappa shape index (κ2) is 5.83. The first-order chi connectivity index (χ1) is 8.76. The van der Waals surface area contributed by atoms with Gasteiger partial charge in [-0.1, -0.05) is 0 Å². The van der Waals surface area contributed by atoms with E-state index >= 15 is 0 Å². The molecule has 0 bridgehead atoms. The van der Waals surface area contributed by atoms with Crippen LogP contribution in [0.3, 0.4) is 0 Å². The van der Waals surface area contributed by atoms with Gasteiger partial charge in [0.05, 0.1) is 26.9 Å². The predicted molar refractivity (Wildman–Crippen MR) is 65.2 cm³/mol. The smallest absolute Gasteiger partial charge is 0.295 e. The second-order valence-electron chi connectivity index (χ2n) is 3.90. The zero-order valence-corrected chi connectivity index (χ0v) is 10.6. The van der Waals surface area contributed by atoms with Crippen LogP contribution in [-0.4, -0.2) is 50.5 Å². The third-order valence-corrected chi connectivity index (χ3v) is 2.73. The SMILES string of the molecule is COCc1nc(N2CCOCC2)[nH]c(=O)c1OC. The lowest BCUT2D eigenvalue weighted by Gasteiger charge is -2.27. The van der Waals surface area contributed by atoms with E-state index in [1.54, 1.807) is 7.11 Å². The van der Waals surface area contributed by atoms with Gasteiger partial charge in [0.25, 0.3) is 5.56 Å². The third-order valence-electron chi connectivity index (χ3n) is 2.73. The molecule has 1 aromatic rings. The molecule has 1 N–H and O–H groups in total. The van der Waals surface area contributed by atoms with Crippen molar-refractivity contribution < 1.29 is 14.2 Å². The Kier molecular flexibility index (Phi) is 4.16. The summed E-state index contributed by atoms with van der Waals surface area (Å²) in [5, 5.41) is 0. The number of nitrogens with one attached hydrogen (secondary N) is 1. The van der Waals surface area contributed by atoms with Crippen LogP contribution in [0, 0.1) is 0 Å². The first-order valence-corrected chi connectivity index (χ1v) is 5.75. The number of nitrogens with zero attached hydrogens (tertiary/aromatic N) is 2. The fourth-order valence-corrected chi connectivity index (χ4v) is 1.87. The van der Waals surface area contributed by atoms with Gasteiger partial charge in [-0.2, -0.15) is 0 Å². The highest BCUT2D eigenvalue weighted by atomic mass is 16.5. The number of rotatable bonds is 4. The Hall–Kier alpha value is -1.60. The summed E-state index contributed by atoms with van der Waals surface area (Å²) in [5.74, 6) is 0.741. The number of hydrogen-bond acceptors (Lipinski definition) is 6. The number of H-pyrrole nitrogens is 1. The molecule has 0 unspecified atom stereocenters. The van der Waals surface area contributed by atoms with Crippen molar-refractivity contribution in [3.63, 3.8) is 0 Å². The van der Waals surface area contributed by atoms with Gasteiger partial charge in [0, 0.05) is 20.2 Å². The van der Waals surface area contributed by atoms with Crippen molar-refractivity contribution >= 4 is 5.95 Å². The van der Waals surface area contributed by atoms with Crippen molar-refractivity contribution in [3.05, 3.63) is 16.0 Å². The van der Waals surface area contributed by atoms with Crippen LogP contribution in [0.25, 0.3) is 0 Å². The fourth-order valence-electron chi connectivity index (χ4n) is 1.87. The van der Waals surface area contributed by atoms with Crippen molar-refractivity contribution in [1.29, 1.82) is 0 Å². The molecule has 0 aromatic carbocycles. The topological polar surface area (TPSA) is 76.7 Å². The summed E-state index contributed by atoms with van der Waals surface area (Å²) in [6.45, 7) is 2.93. The average Bonchev–Trinajstić information content (AvgIpc) is 2.40. The molecule has 18 heavy (non-hydrogen) atoms. The van der Waals surface area contributed by atoms with Crippen LogP contribution >= 0.6 is 0 Å². The minimum absolute atomic E-state index is 0.203. The first kappa shape index (κ1) is 12.8. The molecule has 100 valence electrons. The maximum absolute atomic E-state index is 11.9. The highest BCUT2D eigenvalue weighted by molar-refractivity contribution is 5.36. The van der Waals surface area contributed by atoms with E-state index in [0.29, 0.717) is 37.9 Å². The van der Waals surface area contributed by atoms with E-state index in [0.717, 1.165) is 0 Å². The fraction of sp³-hybridized carbons (Fsp3) is 0.636. The van der Waals surface area contributed by atoms with E-state index in [4.69, 9.17) is 14.2 Å². The summed E-state index contributed by atoms with van der Waals surface area (Å²) >= 11 is 0. The van der Waals surface area contributed by atoms with Crippen LogP contribution in [-0.2, 0) is 16.1 Å². The maximum atomic E-state index is 11.9. The van der Waals surface area contributed by atoms with E-state index < -0.39 is 0 Å². The van der Waals surface area contributed by atoms with Gasteiger partial charge in [-0.05, 0) is 0 Å². The quantitative estimate of drug-likeness (QED) is 0.800. The van der Waals surface area contributed by atoms with Gasteiger partial charge < -0.3 is 19.1 Å². The minimum atomic E-state index is -0.291. The Morgan fingerprint density at radius 3 is 2.72 bits per heavy atom. The summed E-state index contributed by atoms with van der Waals surface area (Å²) in [7, 11) is 3.00. The number of methoxy groups -OCH3 is 2. The van der Waals surface area contributed by atoms with Crippen LogP contribution < -0.4 is 15.2 Å². The largest absolute Gasteiger partial charge is 0.490 e. The Labute approximate surface area is 105 Å². The van der Waals surface area contributed by atoms with Crippen LogP contribution in [0.1, 0.15) is 5.69 Å². The molecule has 0 amide bonds. The molecule has 7 heteroatoms. The van der Waals surface area contributed by atoms with Crippen LogP contribution in [0.4, 0.5) is 5.95 Å². The number of aromatic amines is 1. The lowest BCUT2D eigenvalue weighted by atomic mass is 10.3. The molecule has 2 heterocycles. The molecule has 0 saturated carbocycles. The van der Waals surface area contributed by atoms with Crippen molar-refractivity contribution in [2.75, 3.05) is 45.4 Å². The summed E-state index contributed by atoms with van der Waals surface area (Å²) in [6.07, 6.45) is 0. The number of hydrogen-bond donors (Lipinski definition) is 1. The van der Waals surface area contributed by atoms with E-state index in [1.807, 2.05) is 4.90 Å². The lowest BCUT2D eigenvalue weighted by Crippen LogP contribution is -2.38. The summed E-state index contributed by atoms with van der Waals surface area (Å²) in [4.78, 5) is 21.0. The molecule has 1 aromatic heterocycles. The van der Waals surface area contributed by atoms with Gasteiger partial charge in [-0.25, -0.2) is 4.98 Å². The predicted octanol–water partition coefficient (Wildman–Crippen LogP) is -0.238. The molecule has 0 radical (unpaired) electrons. The number of morpholine rings is 1. The average molecular weight is 255 g/mol. The molecule has 0 atom stereocenters. The monoisotopic (exact) mass is 255 g/mol. The highest BCUT2D eigenvalue weighted by Crippen LogP contribution is 2.15. The lowest BCUT2D eigenvalue weighted by molar-refractivity contribution is 0.122. The second-order valence-corrected chi connectivity index (χ2v) is 3.90. The van der Waals surface area contributed by atoms with Crippen molar-refractivity contribution in [2.24, 2.45) is 0 Å². The molecule has 0 spiro atoms.